The average Bonchev–Trinajstić information content (AvgIpc) is 3.45. The Balaban J connectivity index is 1.29. The van der Waals surface area contributed by atoms with Crippen molar-refractivity contribution in [2.75, 3.05) is 19.8 Å². The van der Waals surface area contributed by atoms with Crippen molar-refractivity contribution in [1.29, 1.82) is 0 Å². The van der Waals surface area contributed by atoms with E-state index in [0.29, 0.717) is 25.4 Å². The predicted octanol–water partition coefficient (Wildman–Crippen LogP) is 4.86. The zero-order chi connectivity index (χ0) is 21.0. The molecule has 0 saturated carbocycles. The summed E-state index contributed by atoms with van der Waals surface area (Å²) >= 11 is 1.55. The molecule has 1 atom stereocenters. The predicted molar refractivity (Wildman–Crippen MR) is 118 cm³/mol. The van der Waals surface area contributed by atoms with Gasteiger partial charge >= 0.3 is 0 Å². The fraction of sp³-hybridized carbons (Fsp3) is 0.333. The van der Waals surface area contributed by atoms with Crippen LogP contribution in [0.2, 0.25) is 0 Å². The highest BCUT2D eigenvalue weighted by molar-refractivity contribution is 7.07. The van der Waals surface area contributed by atoms with Crippen molar-refractivity contribution >= 4 is 17.2 Å². The number of nitrogens with zero attached hydrogens (tertiary/aromatic N) is 2. The number of benzene rings is 2. The van der Waals surface area contributed by atoms with Crippen LogP contribution >= 0.6 is 11.3 Å². The van der Waals surface area contributed by atoms with E-state index in [-0.39, 0.29) is 11.9 Å². The van der Waals surface area contributed by atoms with Gasteiger partial charge in [0, 0.05) is 23.9 Å². The average molecular weight is 437 g/mol. The van der Waals surface area contributed by atoms with E-state index in [9.17, 15) is 4.79 Å². The number of rotatable bonds is 5. The number of thiazole rings is 1. The van der Waals surface area contributed by atoms with Crippen LogP contribution in [0.25, 0.3) is 0 Å². The molecule has 31 heavy (non-hydrogen) atoms. The second-order valence-electron chi connectivity index (χ2n) is 7.71. The summed E-state index contributed by atoms with van der Waals surface area (Å²) < 4.78 is 17.3. The molecule has 0 spiro atoms. The molecule has 0 N–H and O–H groups in total. The quantitative estimate of drug-likeness (QED) is 0.572. The fourth-order valence-corrected chi connectivity index (χ4v) is 4.61. The van der Waals surface area contributed by atoms with Crippen LogP contribution < -0.4 is 14.2 Å². The lowest BCUT2D eigenvalue weighted by Crippen LogP contribution is -2.30. The summed E-state index contributed by atoms with van der Waals surface area (Å²) in [4.78, 5) is 19.4. The highest BCUT2D eigenvalue weighted by atomic mass is 32.1. The molecule has 3 aromatic rings. The minimum atomic E-state index is 0.0423. The summed E-state index contributed by atoms with van der Waals surface area (Å²) in [6.45, 7) is 2.50. The highest BCUT2D eigenvalue weighted by Crippen LogP contribution is 2.38. The molecule has 0 bridgehead atoms. The number of carbonyl (C=O) groups excluding carboxylic acids is 1. The Kier molecular flexibility index (Phi) is 5.76. The molecular weight excluding hydrogens is 412 g/mol. The summed E-state index contributed by atoms with van der Waals surface area (Å²) in [5.41, 5.74) is 4.46. The van der Waals surface area contributed by atoms with Gasteiger partial charge in [-0.2, -0.15) is 0 Å². The Morgan fingerprint density at radius 2 is 1.94 bits per heavy atom. The maximum atomic E-state index is 13.3. The van der Waals surface area contributed by atoms with Crippen LogP contribution in [0.4, 0.5) is 0 Å². The lowest BCUT2D eigenvalue weighted by Gasteiger charge is -2.26. The topological polar surface area (TPSA) is 60.9 Å². The van der Waals surface area contributed by atoms with Crippen molar-refractivity contribution in [2.24, 2.45) is 0 Å². The molecule has 0 unspecified atom stereocenters. The smallest absolute Gasteiger partial charge is 0.254 e. The SMILES string of the molecule is O=C(c1ccc(OCc2cscn2)cc1)N1CCC[C@@H]1c1ccc2c(c1)OCCCO2. The molecule has 0 aliphatic carbocycles. The van der Waals surface area contributed by atoms with Gasteiger partial charge in [0.2, 0.25) is 0 Å². The Labute approximate surface area is 185 Å². The van der Waals surface area contributed by atoms with Gasteiger partial charge in [0.25, 0.3) is 5.91 Å². The molecule has 0 radical (unpaired) electrons. The van der Waals surface area contributed by atoms with Gasteiger partial charge in [0.15, 0.2) is 11.5 Å². The summed E-state index contributed by atoms with van der Waals surface area (Å²) in [6.07, 6.45) is 2.81. The lowest BCUT2D eigenvalue weighted by atomic mass is 10.0. The molecule has 1 saturated heterocycles. The van der Waals surface area contributed by atoms with E-state index in [4.69, 9.17) is 14.2 Å². The summed E-state index contributed by atoms with van der Waals surface area (Å²) in [5, 5.41) is 1.96. The van der Waals surface area contributed by atoms with Crippen LogP contribution in [0.5, 0.6) is 17.2 Å². The number of carbonyl (C=O) groups is 1. The Morgan fingerprint density at radius 1 is 1.10 bits per heavy atom. The molecule has 160 valence electrons. The van der Waals surface area contributed by atoms with E-state index in [1.807, 2.05) is 46.7 Å². The first-order chi connectivity index (χ1) is 15.3. The highest BCUT2D eigenvalue weighted by Gasteiger charge is 2.31. The first-order valence-corrected chi connectivity index (χ1v) is 11.5. The van der Waals surface area contributed by atoms with Crippen LogP contribution in [-0.4, -0.2) is 35.5 Å². The first kappa shape index (κ1) is 19.9. The van der Waals surface area contributed by atoms with E-state index in [1.54, 1.807) is 16.8 Å². The number of hydrogen-bond donors (Lipinski definition) is 0. The summed E-state index contributed by atoms with van der Waals surface area (Å²) in [7, 11) is 0. The van der Waals surface area contributed by atoms with Gasteiger partial charge in [-0.1, -0.05) is 6.07 Å². The first-order valence-electron chi connectivity index (χ1n) is 10.6. The molecule has 2 aliphatic rings. The van der Waals surface area contributed by atoms with Gasteiger partial charge in [0.05, 0.1) is 30.5 Å². The number of likely N-dealkylation sites (tertiary alicyclic amines) is 1. The summed E-state index contributed by atoms with van der Waals surface area (Å²) in [6, 6.07) is 13.5. The van der Waals surface area contributed by atoms with Gasteiger partial charge in [-0.05, 0) is 54.8 Å². The van der Waals surface area contributed by atoms with Crippen molar-refractivity contribution in [3.8, 4) is 17.2 Å². The number of fused-ring (bicyclic) bond motifs is 1. The minimum Gasteiger partial charge on any atom is -0.490 e. The molecular formula is C24H24N2O4S. The van der Waals surface area contributed by atoms with Crippen molar-refractivity contribution < 1.29 is 19.0 Å². The van der Waals surface area contributed by atoms with E-state index in [1.165, 1.54) is 0 Å². The summed E-state index contributed by atoms with van der Waals surface area (Å²) in [5.74, 6) is 2.33. The van der Waals surface area contributed by atoms with Crippen LogP contribution in [-0.2, 0) is 6.61 Å². The fourth-order valence-electron chi connectivity index (χ4n) is 4.07. The van der Waals surface area contributed by atoms with Gasteiger partial charge in [-0.3, -0.25) is 4.79 Å². The second-order valence-corrected chi connectivity index (χ2v) is 8.42. The molecule has 1 aromatic heterocycles. The minimum absolute atomic E-state index is 0.0423. The molecule has 5 rings (SSSR count). The molecule has 6 nitrogen and oxygen atoms in total. The monoisotopic (exact) mass is 436 g/mol. The molecule has 7 heteroatoms. The number of ether oxygens (including phenoxy) is 3. The third-order valence-electron chi connectivity index (χ3n) is 5.64. The standard InChI is InChI=1S/C24H24N2O4S/c27-24(17-4-7-20(8-5-17)30-14-19-15-31-16-25-19)26-10-1-3-21(26)18-6-9-22-23(13-18)29-12-2-11-28-22/h4-9,13,15-16,21H,1-3,10-12,14H2/t21-/m1/s1. The normalized spacial score (nSPS) is 17.9. The van der Waals surface area contributed by atoms with Gasteiger partial charge < -0.3 is 19.1 Å². The van der Waals surface area contributed by atoms with Crippen LogP contribution in [0, 0.1) is 0 Å². The zero-order valence-corrected chi connectivity index (χ0v) is 18.0. The van der Waals surface area contributed by atoms with Crippen molar-refractivity contribution in [2.45, 2.75) is 31.9 Å². The van der Waals surface area contributed by atoms with Crippen LogP contribution in [0.15, 0.2) is 53.4 Å². The van der Waals surface area contributed by atoms with E-state index in [0.717, 1.165) is 54.3 Å². The van der Waals surface area contributed by atoms with Crippen molar-refractivity contribution in [3.05, 3.63) is 70.2 Å². The zero-order valence-electron chi connectivity index (χ0n) is 17.2. The number of hydrogen-bond acceptors (Lipinski definition) is 6. The third-order valence-corrected chi connectivity index (χ3v) is 6.28. The van der Waals surface area contributed by atoms with Gasteiger partial charge in [0.1, 0.15) is 12.4 Å². The second kappa shape index (κ2) is 8.98. The Hall–Kier alpha value is -3.06. The molecule has 1 fully saturated rings. The Morgan fingerprint density at radius 3 is 2.74 bits per heavy atom. The van der Waals surface area contributed by atoms with Gasteiger partial charge in [-0.25, -0.2) is 4.98 Å². The molecule has 2 aliphatic heterocycles. The van der Waals surface area contributed by atoms with E-state index < -0.39 is 0 Å². The Bertz CT molecular complexity index is 1040. The van der Waals surface area contributed by atoms with Crippen molar-refractivity contribution in [3.63, 3.8) is 0 Å². The largest absolute Gasteiger partial charge is 0.490 e. The number of aromatic nitrogens is 1. The van der Waals surface area contributed by atoms with Crippen LogP contribution in [0.3, 0.4) is 0 Å². The van der Waals surface area contributed by atoms with Crippen molar-refractivity contribution in [1.82, 2.24) is 9.88 Å². The molecule has 1 amide bonds. The molecule has 2 aromatic carbocycles. The number of amides is 1. The lowest BCUT2D eigenvalue weighted by molar-refractivity contribution is 0.0735. The van der Waals surface area contributed by atoms with E-state index >= 15 is 0 Å². The maximum Gasteiger partial charge on any atom is 0.254 e. The van der Waals surface area contributed by atoms with Gasteiger partial charge in [-0.15, -0.1) is 11.3 Å². The molecule has 3 heterocycles. The third kappa shape index (κ3) is 4.37. The maximum absolute atomic E-state index is 13.3. The van der Waals surface area contributed by atoms with E-state index in [2.05, 4.69) is 11.1 Å². The van der Waals surface area contributed by atoms with Crippen LogP contribution in [0.1, 0.15) is 46.9 Å².